The van der Waals surface area contributed by atoms with E-state index in [-0.39, 0.29) is 5.91 Å². The third kappa shape index (κ3) is 2.60. The molecule has 3 heterocycles. The number of thiophene rings is 1. The van der Waals surface area contributed by atoms with Crippen molar-refractivity contribution in [2.75, 3.05) is 18.4 Å². The molecule has 4 nitrogen and oxygen atoms in total. The Labute approximate surface area is 154 Å². The van der Waals surface area contributed by atoms with E-state index in [1.165, 1.54) is 10.4 Å². The topological polar surface area (TPSA) is 44.4 Å². The molecule has 0 radical (unpaired) electrons. The summed E-state index contributed by atoms with van der Waals surface area (Å²) < 4.78 is 0. The average Bonchev–Trinajstić information content (AvgIpc) is 2.92. The van der Waals surface area contributed by atoms with E-state index >= 15 is 0 Å². The number of carbonyl (C=O) groups is 1. The van der Waals surface area contributed by atoms with Crippen molar-refractivity contribution in [2.24, 2.45) is 0 Å². The number of halogens is 2. The number of hydrogen-bond acceptors (Lipinski definition) is 4. The summed E-state index contributed by atoms with van der Waals surface area (Å²) in [6.45, 7) is 5.11. The summed E-state index contributed by atoms with van der Waals surface area (Å²) in [7, 11) is 0. The van der Waals surface area contributed by atoms with Crippen LogP contribution in [0.3, 0.4) is 0 Å². The molecule has 0 unspecified atom stereocenters. The van der Waals surface area contributed by atoms with Crippen LogP contribution >= 0.6 is 34.5 Å². The van der Waals surface area contributed by atoms with Crippen molar-refractivity contribution in [2.45, 2.75) is 26.1 Å². The Kier molecular flexibility index (Phi) is 4.21. The van der Waals surface area contributed by atoms with Crippen molar-refractivity contribution in [3.63, 3.8) is 0 Å². The molecule has 1 aromatic carbocycles. The zero-order valence-corrected chi connectivity index (χ0v) is 15.5. The second kappa shape index (κ2) is 6.23. The molecule has 2 aromatic rings. The van der Waals surface area contributed by atoms with Gasteiger partial charge in [-0.2, -0.15) is 0 Å². The fourth-order valence-electron chi connectivity index (χ4n) is 3.37. The highest BCUT2D eigenvalue weighted by molar-refractivity contribution is 7.16. The van der Waals surface area contributed by atoms with Gasteiger partial charge in [-0.05, 0) is 30.7 Å². The first-order chi connectivity index (χ1) is 11.6. The highest BCUT2D eigenvalue weighted by atomic mass is 35.5. The molecule has 0 saturated carbocycles. The van der Waals surface area contributed by atoms with Gasteiger partial charge in [0.2, 0.25) is 0 Å². The van der Waals surface area contributed by atoms with E-state index in [2.05, 4.69) is 22.5 Å². The van der Waals surface area contributed by atoms with Crippen LogP contribution in [0.4, 0.5) is 5.00 Å². The first-order valence-electron chi connectivity index (χ1n) is 7.96. The van der Waals surface area contributed by atoms with E-state index in [4.69, 9.17) is 23.2 Å². The van der Waals surface area contributed by atoms with Crippen LogP contribution in [0.5, 0.6) is 0 Å². The number of nitrogens with one attached hydrogen (secondary N) is 2. The van der Waals surface area contributed by atoms with Crippen molar-refractivity contribution in [1.29, 1.82) is 0 Å². The Morgan fingerprint density at radius 1 is 1.29 bits per heavy atom. The summed E-state index contributed by atoms with van der Waals surface area (Å²) in [5, 5.41) is 8.43. The smallest absolute Gasteiger partial charge is 0.256 e. The van der Waals surface area contributed by atoms with Crippen LogP contribution in [0.15, 0.2) is 18.2 Å². The molecule has 0 spiro atoms. The van der Waals surface area contributed by atoms with Gasteiger partial charge in [-0.15, -0.1) is 11.3 Å². The van der Waals surface area contributed by atoms with Gasteiger partial charge in [0.05, 0.1) is 5.56 Å². The highest BCUT2D eigenvalue weighted by Gasteiger charge is 2.34. The van der Waals surface area contributed by atoms with E-state index in [0.717, 1.165) is 36.6 Å². The van der Waals surface area contributed by atoms with Gasteiger partial charge in [-0.3, -0.25) is 9.69 Å². The van der Waals surface area contributed by atoms with Gasteiger partial charge < -0.3 is 10.6 Å². The minimum atomic E-state index is -0.409. The van der Waals surface area contributed by atoms with Crippen molar-refractivity contribution in [3.8, 4) is 0 Å². The van der Waals surface area contributed by atoms with Gasteiger partial charge in [0.1, 0.15) is 11.2 Å². The number of benzene rings is 1. The lowest BCUT2D eigenvalue weighted by molar-refractivity contribution is 0.0935. The fourth-order valence-corrected chi connectivity index (χ4v) is 5.30. The lowest BCUT2D eigenvalue weighted by atomic mass is 10.0. The highest BCUT2D eigenvalue weighted by Crippen LogP contribution is 2.42. The fraction of sp³-hybridized carbons (Fsp3) is 0.353. The number of carbonyl (C=O) groups excluding carboxylic acids is 1. The molecule has 2 aliphatic heterocycles. The van der Waals surface area contributed by atoms with Crippen LogP contribution in [0.1, 0.15) is 39.5 Å². The quantitative estimate of drug-likeness (QED) is 0.815. The normalized spacial score (nSPS) is 20.1. The molecule has 2 N–H and O–H groups in total. The Balaban J connectivity index is 1.71. The Morgan fingerprint density at radius 3 is 2.75 bits per heavy atom. The number of anilines is 1. The maximum Gasteiger partial charge on any atom is 0.256 e. The molecule has 1 amide bonds. The van der Waals surface area contributed by atoms with Crippen LogP contribution in [-0.4, -0.2) is 23.9 Å². The van der Waals surface area contributed by atoms with Gasteiger partial charge in [0.25, 0.3) is 5.91 Å². The van der Waals surface area contributed by atoms with Crippen LogP contribution < -0.4 is 10.6 Å². The van der Waals surface area contributed by atoms with Gasteiger partial charge in [-0.1, -0.05) is 36.2 Å². The first kappa shape index (κ1) is 16.2. The molecule has 0 saturated heterocycles. The SMILES string of the molecule is CCN1CCc2c(sc3c2C(=O)N[C@H](c2c(Cl)cccc2Cl)N3)C1. The van der Waals surface area contributed by atoms with Crippen molar-refractivity contribution >= 4 is 45.4 Å². The largest absolute Gasteiger partial charge is 0.353 e. The molecule has 0 fully saturated rings. The van der Waals surface area contributed by atoms with Crippen LogP contribution in [0, 0.1) is 0 Å². The maximum absolute atomic E-state index is 12.7. The molecular formula is C17H17Cl2N3OS. The third-order valence-corrected chi connectivity index (χ3v) is 6.46. The summed E-state index contributed by atoms with van der Waals surface area (Å²) in [5.74, 6) is -0.0489. The summed E-state index contributed by atoms with van der Waals surface area (Å²) in [6, 6.07) is 5.36. The Hall–Kier alpha value is -1.27. The number of fused-ring (bicyclic) bond motifs is 3. The molecule has 0 aliphatic carbocycles. The van der Waals surface area contributed by atoms with E-state index < -0.39 is 6.17 Å². The van der Waals surface area contributed by atoms with Gasteiger partial charge in [0.15, 0.2) is 0 Å². The second-order valence-corrected chi connectivity index (χ2v) is 7.93. The van der Waals surface area contributed by atoms with E-state index in [1.54, 1.807) is 29.5 Å². The zero-order chi connectivity index (χ0) is 16.8. The minimum absolute atomic E-state index is 0.0489. The number of rotatable bonds is 2. The molecular weight excluding hydrogens is 365 g/mol. The Bertz CT molecular complexity index is 800. The molecule has 24 heavy (non-hydrogen) atoms. The molecule has 1 aromatic heterocycles. The zero-order valence-electron chi connectivity index (χ0n) is 13.2. The van der Waals surface area contributed by atoms with Crippen LogP contribution in [0.25, 0.3) is 0 Å². The predicted octanol–water partition coefficient (Wildman–Crippen LogP) is 4.29. The summed E-state index contributed by atoms with van der Waals surface area (Å²) in [6.07, 6.45) is 0.510. The molecule has 126 valence electrons. The summed E-state index contributed by atoms with van der Waals surface area (Å²) in [5.41, 5.74) is 2.69. The predicted molar refractivity (Wildman–Crippen MR) is 99.3 cm³/mol. The molecule has 1 atom stereocenters. The number of likely N-dealkylation sites (N-methyl/N-ethyl adjacent to an activating group) is 1. The van der Waals surface area contributed by atoms with Crippen molar-refractivity contribution in [1.82, 2.24) is 10.2 Å². The molecule has 2 aliphatic rings. The minimum Gasteiger partial charge on any atom is -0.353 e. The molecule has 7 heteroatoms. The van der Waals surface area contributed by atoms with Crippen molar-refractivity contribution < 1.29 is 4.79 Å². The van der Waals surface area contributed by atoms with Gasteiger partial charge in [0, 0.05) is 33.6 Å². The van der Waals surface area contributed by atoms with Crippen LogP contribution in [0.2, 0.25) is 10.0 Å². The van der Waals surface area contributed by atoms with Crippen molar-refractivity contribution in [3.05, 3.63) is 49.8 Å². The lowest BCUT2D eigenvalue weighted by Gasteiger charge is -2.28. The number of nitrogens with zero attached hydrogens (tertiary/aromatic N) is 1. The van der Waals surface area contributed by atoms with Crippen LogP contribution in [-0.2, 0) is 13.0 Å². The number of amides is 1. The molecule has 4 rings (SSSR count). The average molecular weight is 382 g/mol. The second-order valence-electron chi connectivity index (χ2n) is 6.01. The van der Waals surface area contributed by atoms with Gasteiger partial charge >= 0.3 is 0 Å². The van der Waals surface area contributed by atoms with E-state index in [9.17, 15) is 4.79 Å². The van der Waals surface area contributed by atoms with Gasteiger partial charge in [-0.25, -0.2) is 0 Å². The Morgan fingerprint density at radius 2 is 2.04 bits per heavy atom. The van der Waals surface area contributed by atoms with E-state index in [1.807, 2.05) is 0 Å². The lowest BCUT2D eigenvalue weighted by Crippen LogP contribution is -2.39. The van der Waals surface area contributed by atoms with E-state index in [0.29, 0.717) is 15.6 Å². The maximum atomic E-state index is 12.7. The summed E-state index contributed by atoms with van der Waals surface area (Å²) >= 11 is 14.3. The third-order valence-electron chi connectivity index (χ3n) is 4.65. The number of hydrogen-bond donors (Lipinski definition) is 2. The standard InChI is InChI=1S/C17H17Cl2N3OS/c1-2-22-7-6-9-12(8-22)24-17-13(9)16(23)20-15(21-17)14-10(18)4-3-5-11(14)19/h3-5,15,21H,2,6-8H2,1H3,(H,20,23)/t15-/m0/s1. The monoisotopic (exact) mass is 381 g/mol. The first-order valence-corrected chi connectivity index (χ1v) is 9.54. The molecule has 0 bridgehead atoms. The summed E-state index contributed by atoms with van der Waals surface area (Å²) in [4.78, 5) is 16.4.